The minimum atomic E-state index is -0.0619. The molecule has 2 aromatic carbocycles. The van der Waals surface area contributed by atoms with Crippen molar-refractivity contribution in [1.29, 1.82) is 0 Å². The summed E-state index contributed by atoms with van der Waals surface area (Å²) < 4.78 is 12.8. The average molecular weight is 549 g/mol. The van der Waals surface area contributed by atoms with E-state index in [2.05, 4.69) is 26.1 Å². The van der Waals surface area contributed by atoms with Gasteiger partial charge in [-0.1, -0.05) is 94.5 Å². The minimum Gasteiger partial charge on any atom is -1.00 e. The summed E-state index contributed by atoms with van der Waals surface area (Å²) in [5.74, 6) is 2.30. The molecule has 4 nitrogen and oxygen atoms in total. The Morgan fingerprint density at radius 1 is 0.892 bits per heavy atom. The lowest BCUT2D eigenvalue weighted by Crippen LogP contribution is -3.00. The van der Waals surface area contributed by atoms with Crippen LogP contribution in [0.15, 0.2) is 42.5 Å². The van der Waals surface area contributed by atoms with E-state index < -0.39 is 0 Å². The Bertz CT molecular complexity index is 1010. The van der Waals surface area contributed by atoms with Gasteiger partial charge in [-0.25, -0.2) is 0 Å². The van der Waals surface area contributed by atoms with Crippen molar-refractivity contribution in [2.75, 3.05) is 26.9 Å². The summed E-state index contributed by atoms with van der Waals surface area (Å²) in [7, 11) is 2.20. The molecule has 3 atom stereocenters. The number of benzene rings is 2. The molecule has 2 aliphatic heterocycles. The monoisotopic (exact) mass is 547 g/mol. The molecular formula is C31H43Cl2NO3. The van der Waals surface area contributed by atoms with Crippen LogP contribution in [0.25, 0.3) is 0 Å². The summed E-state index contributed by atoms with van der Waals surface area (Å²) in [6.45, 7) is 4.47. The standard InChI is InChI=1S/C31H43ClNO3.ClH/c1-3-4-5-6-7-8-9-10-11-12-17-31(34)35-23-33(2)21-27-25-15-13-14-16-29(25)36-30-19-18-24(32)20-26(30)28(27)22-33;/h13-16,18-20,27-28H,3-12,17,21-23H2,1-2H3;1H/q+1;/p-1. The van der Waals surface area contributed by atoms with Crippen molar-refractivity contribution in [3.8, 4) is 11.5 Å². The Balaban J connectivity index is 0.00000380. The van der Waals surface area contributed by atoms with Crippen LogP contribution >= 0.6 is 11.6 Å². The molecule has 1 saturated heterocycles. The average Bonchev–Trinajstić information content (AvgIpc) is 3.17. The van der Waals surface area contributed by atoms with E-state index in [1.807, 2.05) is 30.3 Å². The molecule has 0 amide bonds. The molecule has 2 aromatic rings. The first-order valence-corrected chi connectivity index (χ1v) is 14.4. The SMILES string of the molecule is CCCCCCCCCCCCC(=O)OC[N+]1(C)CC2c3ccccc3Oc3ccc(Cl)cc3C2C1.[Cl-]. The van der Waals surface area contributed by atoms with Gasteiger partial charge in [-0.15, -0.1) is 0 Å². The Kier molecular flexibility index (Phi) is 11.6. The van der Waals surface area contributed by atoms with E-state index in [1.165, 1.54) is 56.9 Å². The number of carbonyl (C=O) groups is 1. The highest BCUT2D eigenvalue weighted by Crippen LogP contribution is 2.51. The number of likely N-dealkylation sites (N-methyl/N-ethyl adjacent to an activating group) is 1. The van der Waals surface area contributed by atoms with Crippen LogP contribution in [0, 0.1) is 0 Å². The van der Waals surface area contributed by atoms with Gasteiger partial charge in [0.25, 0.3) is 0 Å². The van der Waals surface area contributed by atoms with Crippen molar-refractivity contribution < 1.29 is 31.2 Å². The van der Waals surface area contributed by atoms with Crippen LogP contribution in [0.4, 0.5) is 0 Å². The number of unbranched alkanes of at least 4 members (excludes halogenated alkanes) is 9. The number of esters is 1. The van der Waals surface area contributed by atoms with E-state index >= 15 is 0 Å². The number of para-hydroxylation sites is 1. The van der Waals surface area contributed by atoms with E-state index in [-0.39, 0.29) is 24.3 Å². The Hall–Kier alpha value is -1.75. The Morgan fingerprint density at radius 2 is 1.49 bits per heavy atom. The van der Waals surface area contributed by atoms with Gasteiger partial charge in [-0.05, 0) is 30.7 Å². The van der Waals surface area contributed by atoms with Gasteiger partial charge >= 0.3 is 5.97 Å². The molecule has 0 bridgehead atoms. The van der Waals surface area contributed by atoms with E-state index in [1.54, 1.807) is 0 Å². The first-order chi connectivity index (χ1) is 17.5. The van der Waals surface area contributed by atoms with Gasteiger partial charge in [0.1, 0.15) is 11.5 Å². The number of nitrogens with zero attached hydrogens (tertiary/aromatic N) is 1. The first-order valence-electron chi connectivity index (χ1n) is 14.0. The largest absolute Gasteiger partial charge is 1.00 e. The lowest BCUT2D eigenvalue weighted by atomic mass is 9.84. The normalized spacial score (nSPS) is 21.6. The highest BCUT2D eigenvalue weighted by molar-refractivity contribution is 6.30. The maximum absolute atomic E-state index is 12.5. The van der Waals surface area contributed by atoms with Crippen molar-refractivity contribution >= 4 is 17.6 Å². The number of ether oxygens (including phenoxy) is 2. The quantitative estimate of drug-likeness (QED) is 0.186. The van der Waals surface area contributed by atoms with Gasteiger partial charge in [0.05, 0.1) is 20.1 Å². The third-order valence-corrected chi connectivity index (χ3v) is 8.18. The third kappa shape index (κ3) is 8.12. The van der Waals surface area contributed by atoms with Crippen molar-refractivity contribution in [3.05, 3.63) is 58.6 Å². The number of likely N-dealkylation sites (tertiary alicyclic amines) is 1. The molecule has 37 heavy (non-hydrogen) atoms. The molecule has 3 unspecified atom stereocenters. The molecule has 204 valence electrons. The summed E-state index contributed by atoms with van der Waals surface area (Å²) >= 11 is 6.39. The number of quaternary nitrogens is 1. The fourth-order valence-electron chi connectivity index (χ4n) is 5.97. The molecule has 0 spiro atoms. The van der Waals surface area contributed by atoms with Crippen molar-refractivity contribution in [2.24, 2.45) is 0 Å². The zero-order valence-electron chi connectivity index (χ0n) is 22.5. The zero-order valence-corrected chi connectivity index (χ0v) is 24.0. The molecule has 0 aliphatic carbocycles. The second-order valence-electron chi connectivity index (χ2n) is 11.1. The van der Waals surface area contributed by atoms with Crippen LogP contribution in [-0.2, 0) is 9.53 Å². The van der Waals surface area contributed by atoms with Gasteiger partial charge in [-0.3, -0.25) is 9.28 Å². The first kappa shape index (κ1) is 29.8. The zero-order chi connectivity index (χ0) is 25.4. The molecular weight excluding hydrogens is 505 g/mol. The number of fused-ring (bicyclic) bond motifs is 5. The van der Waals surface area contributed by atoms with Crippen LogP contribution in [0.5, 0.6) is 11.5 Å². The highest BCUT2D eigenvalue weighted by atomic mass is 35.5. The summed E-state index contributed by atoms with van der Waals surface area (Å²) in [6.07, 6.45) is 13.2. The summed E-state index contributed by atoms with van der Waals surface area (Å²) in [5, 5.41) is 0.728. The number of hydrogen-bond acceptors (Lipinski definition) is 3. The lowest BCUT2D eigenvalue weighted by Gasteiger charge is -2.29. The minimum absolute atomic E-state index is 0. The number of carbonyl (C=O) groups excluding carboxylic acids is 1. The lowest BCUT2D eigenvalue weighted by molar-refractivity contribution is -0.915. The fraction of sp³-hybridized carbons (Fsp3) is 0.581. The second-order valence-corrected chi connectivity index (χ2v) is 11.5. The summed E-state index contributed by atoms with van der Waals surface area (Å²) in [4.78, 5) is 12.5. The van der Waals surface area contributed by atoms with Crippen LogP contribution in [0.2, 0.25) is 5.02 Å². The fourth-order valence-corrected chi connectivity index (χ4v) is 6.15. The predicted octanol–water partition coefficient (Wildman–Crippen LogP) is 5.59. The van der Waals surface area contributed by atoms with Gasteiger partial charge in [0.15, 0.2) is 0 Å². The van der Waals surface area contributed by atoms with E-state index in [0.29, 0.717) is 23.6 Å². The topological polar surface area (TPSA) is 35.5 Å². The highest BCUT2D eigenvalue weighted by Gasteiger charge is 2.48. The Morgan fingerprint density at radius 3 is 2.19 bits per heavy atom. The maximum atomic E-state index is 12.5. The summed E-state index contributed by atoms with van der Waals surface area (Å²) in [6, 6.07) is 14.2. The Labute approximate surface area is 234 Å². The third-order valence-electron chi connectivity index (χ3n) is 7.94. The maximum Gasteiger partial charge on any atom is 0.310 e. The van der Waals surface area contributed by atoms with Gasteiger partial charge < -0.3 is 21.9 Å². The van der Waals surface area contributed by atoms with E-state index in [4.69, 9.17) is 21.1 Å². The van der Waals surface area contributed by atoms with Crippen LogP contribution in [-0.4, -0.2) is 37.3 Å². The summed E-state index contributed by atoms with van der Waals surface area (Å²) in [5.41, 5.74) is 2.38. The molecule has 6 heteroatoms. The molecule has 0 N–H and O–H groups in total. The molecule has 1 fully saturated rings. The van der Waals surface area contributed by atoms with Gasteiger partial charge in [0, 0.05) is 34.4 Å². The van der Waals surface area contributed by atoms with Gasteiger partial charge in [0.2, 0.25) is 6.73 Å². The number of hydrogen-bond donors (Lipinski definition) is 0. The van der Waals surface area contributed by atoms with Gasteiger partial charge in [-0.2, -0.15) is 0 Å². The van der Waals surface area contributed by atoms with Crippen LogP contribution in [0.1, 0.15) is 101 Å². The molecule has 0 saturated carbocycles. The van der Waals surface area contributed by atoms with Crippen LogP contribution in [0.3, 0.4) is 0 Å². The van der Waals surface area contributed by atoms with E-state index in [9.17, 15) is 4.79 Å². The van der Waals surface area contributed by atoms with Crippen molar-refractivity contribution in [2.45, 2.75) is 89.4 Å². The molecule has 4 rings (SSSR count). The van der Waals surface area contributed by atoms with E-state index in [0.717, 1.165) is 48.0 Å². The molecule has 2 heterocycles. The predicted molar refractivity (Wildman–Crippen MR) is 147 cm³/mol. The smallest absolute Gasteiger partial charge is 0.310 e. The van der Waals surface area contributed by atoms with Crippen molar-refractivity contribution in [3.63, 3.8) is 0 Å². The number of rotatable bonds is 13. The second kappa shape index (κ2) is 14.4. The molecule has 0 radical (unpaired) electrons. The van der Waals surface area contributed by atoms with Crippen molar-refractivity contribution in [1.82, 2.24) is 0 Å². The molecule has 2 aliphatic rings. The molecule has 0 aromatic heterocycles. The van der Waals surface area contributed by atoms with Crippen LogP contribution < -0.4 is 17.1 Å². The number of halogens is 2.